The molecule has 2 aromatic rings. The van der Waals surface area contributed by atoms with Crippen LogP contribution in [-0.4, -0.2) is 21.2 Å². The van der Waals surface area contributed by atoms with E-state index in [0.717, 1.165) is 10.0 Å². The number of hydrogen-bond acceptors (Lipinski definition) is 3. The quantitative estimate of drug-likeness (QED) is 0.809. The minimum absolute atomic E-state index is 0.316. The lowest BCUT2D eigenvalue weighted by Gasteiger charge is -2.05. The van der Waals surface area contributed by atoms with Gasteiger partial charge >= 0.3 is 6.03 Å². The fourth-order valence-electron chi connectivity index (χ4n) is 1.25. The van der Waals surface area contributed by atoms with Crippen molar-refractivity contribution in [2.24, 2.45) is 0 Å². The number of nitrogens with zero attached hydrogens (tertiary/aromatic N) is 2. The number of carbonyl (C=O) groups is 1. The molecule has 2 rings (SSSR count). The zero-order valence-corrected chi connectivity index (χ0v) is 10.4. The molecule has 0 saturated carbocycles. The fourth-order valence-corrected chi connectivity index (χ4v) is 1.69. The highest BCUT2D eigenvalue weighted by Gasteiger charge is 2.03. The van der Waals surface area contributed by atoms with Crippen LogP contribution in [0.2, 0.25) is 0 Å². The number of carbonyl (C=O) groups excluding carboxylic acids is 1. The topological polar surface area (TPSA) is 82.7 Å². The van der Waals surface area contributed by atoms with E-state index in [1.165, 1.54) is 6.33 Å². The lowest BCUT2D eigenvalue weighted by molar-refractivity contribution is 0.251. The van der Waals surface area contributed by atoms with Gasteiger partial charge in [0.05, 0.1) is 0 Å². The van der Waals surface area contributed by atoms with E-state index in [9.17, 15) is 4.79 Å². The molecule has 0 aliphatic carbocycles. The number of benzene rings is 1. The number of amides is 2. The van der Waals surface area contributed by atoms with Crippen LogP contribution in [0.5, 0.6) is 0 Å². The summed E-state index contributed by atoms with van der Waals surface area (Å²) >= 11 is 3.37. The van der Waals surface area contributed by atoms with Gasteiger partial charge in [0.25, 0.3) is 0 Å². The first kappa shape index (κ1) is 11.6. The van der Waals surface area contributed by atoms with Gasteiger partial charge in [-0.05, 0) is 17.7 Å². The molecule has 0 aliphatic heterocycles. The Morgan fingerprint density at radius 2 is 2.35 bits per heavy atom. The van der Waals surface area contributed by atoms with Crippen LogP contribution in [0.4, 0.5) is 10.7 Å². The second kappa shape index (κ2) is 5.44. The lowest BCUT2D eigenvalue weighted by atomic mass is 10.2. The Morgan fingerprint density at radius 1 is 1.47 bits per heavy atom. The van der Waals surface area contributed by atoms with Crippen LogP contribution < -0.4 is 10.6 Å². The number of rotatable bonds is 3. The summed E-state index contributed by atoms with van der Waals surface area (Å²) in [6.45, 7) is 0.444. The van der Waals surface area contributed by atoms with Crippen LogP contribution in [-0.2, 0) is 6.54 Å². The van der Waals surface area contributed by atoms with E-state index in [2.05, 4.69) is 41.7 Å². The molecule has 1 aromatic carbocycles. The first-order chi connectivity index (χ1) is 8.24. The van der Waals surface area contributed by atoms with Crippen LogP contribution in [0.1, 0.15) is 5.56 Å². The third-order valence-corrected chi connectivity index (χ3v) is 2.48. The van der Waals surface area contributed by atoms with Gasteiger partial charge in [0.15, 0.2) is 0 Å². The van der Waals surface area contributed by atoms with Crippen LogP contribution in [0, 0.1) is 0 Å². The molecule has 0 saturated heterocycles. The molecule has 0 atom stereocenters. The summed E-state index contributed by atoms with van der Waals surface area (Å²) < 4.78 is 0.979. The van der Waals surface area contributed by atoms with E-state index < -0.39 is 0 Å². The van der Waals surface area contributed by atoms with Crippen molar-refractivity contribution in [1.29, 1.82) is 0 Å². The van der Waals surface area contributed by atoms with Gasteiger partial charge in [-0.3, -0.25) is 5.32 Å². The van der Waals surface area contributed by atoms with Gasteiger partial charge in [0, 0.05) is 11.0 Å². The van der Waals surface area contributed by atoms with E-state index in [1.807, 2.05) is 24.3 Å². The van der Waals surface area contributed by atoms with Gasteiger partial charge in [-0.15, -0.1) is 0 Å². The second-order valence-corrected chi connectivity index (χ2v) is 4.19. The monoisotopic (exact) mass is 295 g/mol. The van der Waals surface area contributed by atoms with Crippen molar-refractivity contribution < 1.29 is 4.79 Å². The van der Waals surface area contributed by atoms with Gasteiger partial charge in [0.2, 0.25) is 5.95 Å². The third-order valence-electron chi connectivity index (χ3n) is 1.99. The maximum Gasteiger partial charge on any atom is 0.321 e. The van der Waals surface area contributed by atoms with Crippen molar-refractivity contribution >= 4 is 27.9 Å². The van der Waals surface area contributed by atoms with Crippen molar-refractivity contribution in [3.05, 3.63) is 40.6 Å². The molecular formula is C10H10BrN5O. The Labute approximate surface area is 106 Å². The zero-order chi connectivity index (χ0) is 12.1. The van der Waals surface area contributed by atoms with Gasteiger partial charge in [-0.1, -0.05) is 28.1 Å². The van der Waals surface area contributed by atoms with Crippen molar-refractivity contribution in [3.8, 4) is 0 Å². The van der Waals surface area contributed by atoms with Crippen LogP contribution >= 0.6 is 15.9 Å². The summed E-state index contributed by atoms with van der Waals surface area (Å²) in [5, 5.41) is 11.4. The number of nitrogens with one attached hydrogen (secondary N) is 3. The van der Waals surface area contributed by atoms with E-state index in [-0.39, 0.29) is 6.03 Å². The SMILES string of the molecule is O=C(NCc1cccc(Br)c1)Nc1ncn[nH]1. The van der Waals surface area contributed by atoms with Crippen molar-refractivity contribution in [1.82, 2.24) is 20.5 Å². The summed E-state index contributed by atoms with van der Waals surface area (Å²) in [6, 6.07) is 7.38. The highest BCUT2D eigenvalue weighted by molar-refractivity contribution is 9.10. The number of anilines is 1. The maximum absolute atomic E-state index is 11.4. The Hall–Kier alpha value is -1.89. The first-order valence-electron chi connectivity index (χ1n) is 4.89. The van der Waals surface area contributed by atoms with Gasteiger partial charge in [-0.25, -0.2) is 9.89 Å². The Balaban J connectivity index is 1.84. The average Bonchev–Trinajstić information content (AvgIpc) is 2.79. The molecule has 0 fully saturated rings. The predicted molar refractivity (Wildman–Crippen MR) is 66.4 cm³/mol. The molecule has 1 heterocycles. The van der Waals surface area contributed by atoms with E-state index >= 15 is 0 Å². The average molecular weight is 296 g/mol. The summed E-state index contributed by atoms with van der Waals surface area (Å²) in [7, 11) is 0. The smallest absolute Gasteiger partial charge is 0.321 e. The zero-order valence-electron chi connectivity index (χ0n) is 8.77. The molecule has 3 N–H and O–H groups in total. The molecule has 17 heavy (non-hydrogen) atoms. The van der Waals surface area contributed by atoms with Crippen LogP contribution in [0.15, 0.2) is 35.1 Å². The number of aromatic nitrogens is 3. The molecule has 0 radical (unpaired) electrons. The number of H-pyrrole nitrogens is 1. The molecule has 7 heteroatoms. The summed E-state index contributed by atoms with van der Waals surface area (Å²) in [5.41, 5.74) is 1.01. The number of halogens is 1. The molecular weight excluding hydrogens is 286 g/mol. The number of hydrogen-bond donors (Lipinski definition) is 3. The van der Waals surface area contributed by atoms with Crippen LogP contribution in [0.3, 0.4) is 0 Å². The normalized spacial score (nSPS) is 9.94. The van der Waals surface area contributed by atoms with E-state index in [1.54, 1.807) is 0 Å². The standard InChI is InChI=1S/C10H10BrN5O/c11-8-3-1-2-7(4-8)5-12-10(17)15-9-13-6-14-16-9/h1-4,6H,5H2,(H3,12,13,14,15,16,17). The number of aromatic amines is 1. The van der Waals surface area contributed by atoms with Crippen molar-refractivity contribution in [2.75, 3.05) is 5.32 Å². The lowest BCUT2D eigenvalue weighted by Crippen LogP contribution is -2.28. The molecule has 2 amide bonds. The minimum atomic E-state index is -0.332. The second-order valence-electron chi connectivity index (χ2n) is 3.27. The summed E-state index contributed by atoms with van der Waals surface area (Å²) in [4.78, 5) is 15.2. The van der Waals surface area contributed by atoms with Crippen molar-refractivity contribution in [3.63, 3.8) is 0 Å². The largest absolute Gasteiger partial charge is 0.334 e. The molecule has 0 aliphatic rings. The molecule has 0 spiro atoms. The van der Waals surface area contributed by atoms with Gasteiger partial charge in [0.1, 0.15) is 6.33 Å². The van der Waals surface area contributed by atoms with Crippen molar-refractivity contribution in [2.45, 2.75) is 6.54 Å². The van der Waals surface area contributed by atoms with Gasteiger partial charge < -0.3 is 5.32 Å². The van der Waals surface area contributed by atoms with E-state index in [0.29, 0.717) is 12.5 Å². The Bertz CT molecular complexity index is 499. The number of urea groups is 1. The fraction of sp³-hybridized carbons (Fsp3) is 0.100. The molecule has 88 valence electrons. The van der Waals surface area contributed by atoms with Crippen LogP contribution in [0.25, 0.3) is 0 Å². The molecule has 6 nitrogen and oxygen atoms in total. The molecule has 0 bridgehead atoms. The highest BCUT2D eigenvalue weighted by Crippen LogP contribution is 2.11. The first-order valence-corrected chi connectivity index (χ1v) is 5.68. The van der Waals surface area contributed by atoms with Gasteiger partial charge in [-0.2, -0.15) is 10.1 Å². The Morgan fingerprint density at radius 3 is 3.06 bits per heavy atom. The minimum Gasteiger partial charge on any atom is -0.334 e. The molecule has 1 aromatic heterocycles. The third kappa shape index (κ3) is 3.56. The predicted octanol–water partition coefficient (Wildman–Crippen LogP) is 1.89. The highest BCUT2D eigenvalue weighted by atomic mass is 79.9. The molecule has 0 unspecified atom stereocenters. The van der Waals surface area contributed by atoms with E-state index in [4.69, 9.17) is 0 Å². The summed E-state index contributed by atoms with van der Waals surface area (Å²) in [6.07, 6.45) is 1.32. The summed E-state index contributed by atoms with van der Waals surface area (Å²) in [5.74, 6) is 0.316. The maximum atomic E-state index is 11.4. The Kier molecular flexibility index (Phi) is 3.71.